The van der Waals surface area contributed by atoms with E-state index in [1.807, 2.05) is 41.0 Å². The van der Waals surface area contributed by atoms with Gasteiger partial charge in [-0.3, -0.25) is 9.59 Å². The van der Waals surface area contributed by atoms with Gasteiger partial charge in [0.15, 0.2) is 0 Å². The molecule has 0 aromatic heterocycles. The Morgan fingerprint density at radius 1 is 1.31 bits per heavy atom. The Hall–Kier alpha value is -2.08. The molecule has 0 aliphatic carbocycles. The van der Waals surface area contributed by atoms with Crippen molar-refractivity contribution in [2.24, 2.45) is 0 Å². The molecule has 2 fully saturated rings. The summed E-state index contributed by atoms with van der Waals surface area (Å²) < 4.78 is 10.8. The Balaban J connectivity index is 1.78. The third-order valence-corrected chi connectivity index (χ3v) is 5.54. The number of amides is 2. The second-order valence-corrected chi connectivity index (χ2v) is 7.07. The molecule has 1 aromatic rings. The molecule has 2 aliphatic rings. The van der Waals surface area contributed by atoms with E-state index in [0.29, 0.717) is 45.7 Å². The summed E-state index contributed by atoms with van der Waals surface area (Å²) in [7, 11) is 1.62. The van der Waals surface area contributed by atoms with Gasteiger partial charge in [-0.15, -0.1) is 0 Å². The Bertz CT molecular complexity index is 655. The van der Waals surface area contributed by atoms with Crippen LogP contribution in [0.15, 0.2) is 24.3 Å². The molecule has 2 aliphatic heterocycles. The molecule has 0 radical (unpaired) electrons. The molecule has 0 atom stereocenters. The predicted molar refractivity (Wildman–Crippen MR) is 98.1 cm³/mol. The van der Waals surface area contributed by atoms with Gasteiger partial charge in [-0.1, -0.05) is 12.1 Å². The summed E-state index contributed by atoms with van der Waals surface area (Å²) in [4.78, 5) is 29.5. The maximum Gasteiger partial charge on any atom is 0.227 e. The molecule has 3 rings (SSSR count). The first-order chi connectivity index (χ1) is 12.6. The summed E-state index contributed by atoms with van der Waals surface area (Å²) >= 11 is 0. The zero-order valence-corrected chi connectivity index (χ0v) is 15.7. The van der Waals surface area contributed by atoms with E-state index in [4.69, 9.17) is 9.47 Å². The molecule has 2 amide bonds. The Labute approximate surface area is 155 Å². The molecule has 6 nitrogen and oxygen atoms in total. The van der Waals surface area contributed by atoms with Crippen LogP contribution in [0.3, 0.4) is 0 Å². The van der Waals surface area contributed by atoms with Crippen LogP contribution >= 0.6 is 0 Å². The topological polar surface area (TPSA) is 59.1 Å². The average molecular weight is 360 g/mol. The maximum absolute atomic E-state index is 13.0. The first kappa shape index (κ1) is 18.7. The minimum Gasteiger partial charge on any atom is -0.497 e. The van der Waals surface area contributed by atoms with Gasteiger partial charge in [-0.2, -0.15) is 0 Å². The molecule has 142 valence electrons. The van der Waals surface area contributed by atoms with Crippen LogP contribution in [0.1, 0.15) is 31.7 Å². The third-order valence-electron chi connectivity index (χ3n) is 5.54. The fourth-order valence-corrected chi connectivity index (χ4v) is 4.12. The number of rotatable bonds is 4. The molecule has 2 heterocycles. The first-order valence-corrected chi connectivity index (χ1v) is 9.37. The average Bonchev–Trinajstić information content (AvgIpc) is 2.79. The van der Waals surface area contributed by atoms with Gasteiger partial charge in [-0.05, 0) is 37.5 Å². The van der Waals surface area contributed by atoms with Crippen molar-refractivity contribution in [2.75, 3.05) is 40.0 Å². The van der Waals surface area contributed by atoms with E-state index in [1.165, 1.54) is 0 Å². The molecule has 0 bridgehead atoms. The molecule has 6 heteroatoms. The van der Waals surface area contributed by atoms with Crippen LogP contribution in [0.25, 0.3) is 0 Å². The zero-order valence-electron chi connectivity index (χ0n) is 15.7. The molecule has 0 saturated carbocycles. The van der Waals surface area contributed by atoms with Gasteiger partial charge in [0.05, 0.1) is 19.1 Å². The minimum absolute atomic E-state index is 0.0647. The molecular weight excluding hydrogens is 332 g/mol. The van der Waals surface area contributed by atoms with Crippen LogP contribution in [0.5, 0.6) is 5.75 Å². The van der Waals surface area contributed by atoms with Crippen LogP contribution in [0, 0.1) is 0 Å². The molecule has 1 spiro atoms. The lowest BCUT2D eigenvalue weighted by Crippen LogP contribution is -2.58. The van der Waals surface area contributed by atoms with E-state index in [2.05, 4.69) is 0 Å². The molecule has 0 N–H and O–H groups in total. The van der Waals surface area contributed by atoms with E-state index < -0.39 is 0 Å². The molecule has 26 heavy (non-hydrogen) atoms. The highest BCUT2D eigenvalue weighted by Gasteiger charge is 2.44. The van der Waals surface area contributed by atoms with Crippen LogP contribution in [0.2, 0.25) is 0 Å². The summed E-state index contributed by atoms with van der Waals surface area (Å²) in [5, 5.41) is 0. The summed E-state index contributed by atoms with van der Waals surface area (Å²) in [6.07, 6.45) is 2.29. The highest BCUT2D eigenvalue weighted by molar-refractivity contribution is 5.82. The van der Waals surface area contributed by atoms with Gasteiger partial charge in [-0.25, -0.2) is 0 Å². The minimum atomic E-state index is -0.287. The van der Waals surface area contributed by atoms with E-state index >= 15 is 0 Å². The highest BCUT2D eigenvalue weighted by Crippen LogP contribution is 2.32. The van der Waals surface area contributed by atoms with Crippen LogP contribution in [-0.4, -0.2) is 67.1 Å². The van der Waals surface area contributed by atoms with Crippen molar-refractivity contribution in [3.63, 3.8) is 0 Å². The number of methoxy groups -OCH3 is 1. The summed E-state index contributed by atoms with van der Waals surface area (Å²) in [6.45, 7) is 5.06. The summed E-state index contributed by atoms with van der Waals surface area (Å²) in [6, 6.07) is 7.59. The number of benzene rings is 1. The van der Waals surface area contributed by atoms with Gasteiger partial charge in [0.1, 0.15) is 5.75 Å². The largest absolute Gasteiger partial charge is 0.497 e. The van der Waals surface area contributed by atoms with Crippen LogP contribution in [-0.2, 0) is 20.7 Å². The van der Waals surface area contributed by atoms with E-state index in [-0.39, 0.29) is 17.4 Å². The second-order valence-electron chi connectivity index (χ2n) is 7.07. The molecule has 2 saturated heterocycles. The number of likely N-dealkylation sites (N-methyl/N-ethyl adjacent to an activating group) is 1. The zero-order chi connectivity index (χ0) is 18.6. The summed E-state index contributed by atoms with van der Waals surface area (Å²) in [5.74, 6) is 0.959. The summed E-state index contributed by atoms with van der Waals surface area (Å²) in [5.41, 5.74) is 0.642. The van der Waals surface area contributed by atoms with E-state index in [0.717, 1.165) is 24.2 Å². The predicted octanol–water partition coefficient (Wildman–Crippen LogP) is 1.87. The Kier molecular flexibility index (Phi) is 5.81. The van der Waals surface area contributed by atoms with Crippen LogP contribution < -0.4 is 4.74 Å². The number of hydrogen-bond acceptors (Lipinski definition) is 4. The fourth-order valence-electron chi connectivity index (χ4n) is 4.12. The lowest BCUT2D eigenvalue weighted by atomic mass is 9.87. The van der Waals surface area contributed by atoms with Gasteiger partial charge in [0, 0.05) is 39.3 Å². The normalized spacial score (nSPS) is 20.2. The van der Waals surface area contributed by atoms with Gasteiger partial charge < -0.3 is 19.3 Å². The van der Waals surface area contributed by atoms with Crippen molar-refractivity contribution in [3.8, 4) is 5.75 Å². The number of ether oxygens (including phenoxy) is 2. The second kappa shape index (κ2) is 8.08. The van der Waals surface area contributed by atoms with E-state index in [9.17, 15) is 9.59 Å². The van der Waals surface area contributed by atoms with Gasteiger partial charge >= 0.3 is 0 Å². The lowest BCUT2D eigenvalue weighted by molar-refractivity contribution is -0.141. The first-order valence-electron chi connectivity index (χ1n) is 9.37. The van der Waals surface area contributed by atoms with Crippen molar-refractivity contribution in [3.05, 3.63) is 29.8 Å². The highest BCUT2D eigenvalue weighted by atomic mass is 16.5. The SMILES string of the molecule is CCN1C(=O)CCN(C(=O)Cc2cccc(OC)c2)CC12CCOCC2. The molecule has 0 unspecified atom stereocenters. The number of nitrogens with zero attached hydrogens (tertiary/aromatic N) is 2. The monoisotopic (exact) mass is 360 g/mol. The van der Waals surface area contributed by atoms with Gasteiger partial charge in [0.2, 0.25) is 11.8 Å². The van der Waals surface area contributed by atoms with Crippen molar-refractivity contribution in [2.45, 2.75) is 38.1 Å². The standard InChI is InChI=1S/C20H28N2O4/c1-3-22-18(23)7-10-21(15-20(22)8-11-26-12-9-20)19(24)14-16-5-4-6-17(13-16)25-2/h4-6,13H,3,7-12,14-15H2,1-2H3. The fraction of sp³-hybridized carbons (Fsp3) is 0.600. The van der Waals surface area contributed by atoms with E-state index in [1.54, 1.807) is 7.11 Å². The molecule has 1 aromatic carbocycles. The van der Waals surface area contributed by atoms with Gasteiger partial charge in [0.25, 0.3) is 0 Å². The van der Waals surface area contributed by atoms with Crippen molar-refractivity contribution in [1.82, 2.24) is 9.80 Å². The molecular formula is C20H28N2O4. The van der Waals surface area contributed by atoms with Crippen molar-refractivity contribution >= 4 is 11.8 Å². The Morgan fingerprint density at radius 3 is 2.77 bits per heavy atom. The van der Waals surface area contributed by atoms with Crippen molar-refractivity contribution < 1.29 is 19.1 Å². The smallest absolute Gasteiger partial charge is 0.227 e. The third kappa shape index (κ3) is 3.85. The number of carbonyl (C=O) groups is 2. The number of hydrogen-bond donors (Lipinski definition) is 0. The maximum atomic E-state index is 13.0. The quantitative estimate of drug-likeness (QED) is 0.822. The Morgan fingerprint density at radius 2 is 2.08 bits per heavy atom. The van der Waals surface area contributed by atoms with Crippen molar-refractivity contribution in [1.29, 1.82) is 0 Å². The number of carbonyl (C=O) groups excluding carboxylic acids is 2. The van der Waals surface area contributed by atoms with Crippen LogP contribution in [0.4, 0.5) is 0 Å². The lowest BCUT2D eigenvalue weighted by Gasteiger charge is -2.46.